The van der Waals surface area contributed by atoms with E-state index in [1.54, 1.807) is 0 Å². The Balaban J connectivity index is 5.35. The minimum absolute atomic E-state index is 0.000348. The summed E-state index contributed by atoms with van der Waals surface area (Å²) in [5.41, 5.74) is -0.669. The van der Waals surface area contributed by atoms with E-state index in [4.69, 9.17) is 40.8 Å². The fraction of sp³-hybridized carbons (Fsp3) is 0.833. The zero-order valence-corrected chi connectivity index (χ0v) is 31.4. The average molecular weight is 697 g/mol. The predicted octanol–water partition coefficient (Wildman–Crippen LogP) is 4.83. The van der Waals surface area contributed by atoms with Crippen molar-refractivity contribution in [1.82, 2.24) is 10.6 Å². The molecular weight excluding hydrogens is 637 g/mol. The van der Waals surface area contributed by atoms with Gasteiger partial charge in [-0.15, -0.1) is 0 Å². The molecular formula is C30H60N2O12Si2. The lowest BCUT2D eigenvalue weighted by molar-refractivity contribution is -0.137. The first-order chi connectivity index (χ1) is 21.9. The standard InChI is InChI=1S/C30H60N2O12Si2/c1-10-27(33)36-21-20-31-28(34)37-24-30(8,9)25-38-29(35)32-26(19-23-46(42-14-5,43-15-6)44-16-7)18-17-22-45(39-11-2,40-12-3)41-13-4/h10,26H,1,11-25H2,2-9H3,(H,31,34)(H,32,35). The van der Waals surface area contributed by atoms with Gasteiger partial charge in [0, 0.05) is 69.3 Å². The van der Waals surface area contributed by atoms with Crippen molar-refractivity contribution in [2.75, 3.05) is 66.0 Å². The van der Waals surface area contributed by atoms with Crippen LogP contribution in [0.15, 0.2) is 12.7 Å². The first-order valence-corrected chi connectivity index (χ1v) is 20.2. The summed E-state index contributed by atoms with van der Waals surface area (Å²) in [6, 6.07) is 0.835. The van der Waals surface area contributed by atoms with Gasteiger partial charge in [-0.25, -0.2) is 14.4 Å². The highest BCUT2D eigenvalue weighted by Crippen LogP contribution is 2.24. The van der Waals surface area contributed by atoms with E-state index in [2.05, 4.69) is 17.2 Å². The lowest BCUT2D eigenvalue weighted by Crippen LogP contribution is -2.48. The molecule has 0 heterocycles. The molecule has 0 aliphatic carbocycles. The van der Waals surface area contributed by atoms with Gasteiger partial charge in [-0.05, 0) is 60.8 Å². The molecule has 0 bridgehead atoms. The third-order valence-electron chi connectivity index (χ3n) is 6.31. The Kier molecular flexibility index (Phi) is 23.9. The molecule has 2 amide bonds. The normalized spacial score (nSPS) is 12.7. The molecule has 0 aromatic carbocycles. The predicted molar refractivity (Wildman–Crippen MR) is 177 cm³/mol. The summed E-state index contributed by atoms with van der Waals surface area (Å²) in [6.45, 7) is 21.3. The molecule has 270 valence electrons. The van der Waals surface area contributed by atoms with Crippen LogP contribution in [0.5, 0.6) is 0 Å². The summed E-state index contributed by atoms with van der Waals surface area (Å²) in [6.07, 6.45) is 1.61. The van der Waals surface area contributed by atoms with Crippen LogP contribution in [-0.2, 0) is 45.6 Å². The summed E-state index contributed by atoms with van der Waals surface area (Å²) >= 11 is 0. The molecule has 0 spiro atoms. The molecule has 1 atom stereocenters. The van der Waals surface area contributed by atoms with Gasteiger partial charge in [0.1, 0.15) is 19.8 Å². The fourth-order valence-electron chi connectivity index (χ4n) is 4.39. The zero-order valence-electron chi connectivity index (χ0n) is 29.4. The fourth-order valence-corrected chi connectivity index (χ4v) is 9.74. The monoisotopic (exact) mass is 696 g/mol. The zero-order chi connectivity index (χ0) is 34.9. The number of carbonyl (C=O) groups is 3. The summed E-state index contributed by atoms with van der Waals surface area (Å²) < 4.78 is 51.7. The second-order valence-corrected chi connectivity index (χ2v) is 16.3. The van der Waals surface area contributed by atoms with Crippen molar-refractivity contribution in [3.05, 3.63) is 12.7 Å². The van der Waals surface area contributed by atoms with Crippen LogP contribution in [0.3, 0.4) is 0 Å². The van der Waals surface area contributed by atoms with Crippen LogP contribution in [0.4, 0.5) is 9.59 Å². The van der Waals surface area contributed by atoms with Crippen LogP contribution in [0.1, 0.15) is 74.7 Å². The second kappa shape index (κ2) is 25.0. The Bertz CT molecular complexity index is 832. The lowest BCUT2D eigenvalue weighted by atomic mass is 9.96. The van der Waals surface area contributed by atoms with Crippen molar-refractivity contribution < 1.29 is 55.2 Å². The topological polar surface area (TPSA) is 158 Å². The maximum Gasteiger partial charge on any atom is 0.501 e. The number of hydrogen-bond acceptors (Lipinski definition) is 12. The quantitative estimate of drug-likeness (QED) is 0.0378. The Labute approximate surface area is 278 Å². The molecule has 0 radical (unpaired) electrons. The highest BCUT2D eigenvalue weighted by atomic mass is 28.4. The molecule has 16 heteroatoms. The third-order valence-corrected chi connectivity index (χ3v) is 12.6. The van der Waals surface area contributed by atoms with E-state index < -0.39 is 41.2 Å². The maximum atomic E-state index is 13.0. The molecule has 2 N–H and O–H groups in total. The minimum Gasteiger partial charge on any atom is -0.461 e. The number of rotatable bonds is 28. The average Bonchev–Trinajstić information content (AvgIpc) is 3.00. The number of alkyl carbamates (subject to hydrolysis) is 2. The van der Waals surface area contributed by atoms with Crippen LogP contribution in [0, 0.1) is 5.41 Å². The molecule has 0 rings (SSSR count). The first kappa shape index (κ1) is 43.9. The summed E-state index contributed by atoms with van der Waals surface area (Å²) in [7, 11) is -5.81. The van der Waals surface area contributed by atoms with Gasteiger partial charge in [-0.2, -0.15) is 0 Å². The molecule has 0 fully saturated rings. The van der Waals surface area contributed by atoms with E-state index in [0.717, 1.165) is 6.08 Å². The number of ether oxygens (including phenoxy) is 3. The van der Waals surface area contributed by atoms with Crippen LogP contribution < -0.4 is 10.6 Å². The van der Waals surface area contributed by atoms with E-state index >= 15 is 0 Å². The van der Waals surface area contributed by atoms with Crippen molar-refractivity contribution in [1.29, 1.82) is 0 Å². The van der Waals surface area contributed by atoms with E-state index in [1.807, 2.05) is 55.4 Å². The van der Waals surface area contributed by atoms with E-state index in [1.165, 1.54) is 0 Å². The Morgan fingerprint density at radius 1 is 0.696 bits per heavy atom. The highest BCUT2D eigenvalue weighted by Gasteiger charge is 2.42. The Morgan fingerprint density at radius 3 is 1.61 bits per heavy atom. The van der Waals surface area contributed by atoms with E-state index in [0.29, 0.717) is 71.0 Å². The molecule has 0 aromatic rings. The number of nitrogens with one attached hydrogen (secondary N) is 2. The highest BCUT2D eigenvalue weighted by molar-refractivity contribution is 6.61. The van der Waals surface area contributed by atoms with Crippen LogP contribution in [0.2, 0.25) is 12.1 Å². The molecule has 1 unspecified atom stereocenters. The number of hydrogen-bond donors (Lipinski definition) is 2. The lowest BCUT2D eigenvalue weighted by Gasteiger charge is -2.31. The van der Waals surface area contributed by atoms with Crippen molar-refractivity contribution >= 4 is 35.8 Å². The number of amides is 2. The Morgan fingerprint density at radius 2 is 1.15 bits per heavy atom. The maximum absolute atomic E-state index is 13.0. The molecule has 14 nitrogen and oxygen atoms in total. The summed E-state index contributed by atoms with van der Waals surface area (Å²) in [4.78, 5) is 36.1. The first-order valence-electron chi connectivity index (χ1n) is 16.4. The van der Waals surface area contributed by atoms with Gasteiger partial charge in [0.25, 0.3) is 0 Å². The van der Waals surface area contributed by atoms with Crippen molar-refractivity contribution in [2.24, 2.45) is 5.41 Å². The van der Waals surface area contributed by atoms with E-state index in [-0.39, 0.29) is 32.4 Å². The molecule has 46 heavy (non-hydrogen) atoms. The molecule has 0 aliphatic rings. The largest absolute Gasteiger partial charge is 0.501 e. The molecule has 0 aliphatic heterocycles. The molecule has 0 saturated carbocycles. The molecule has 0 aromatic heterocycles. The van der Waals surface area contributed by atoms with Crippen LogP contribution in [0.25, 0.3) is 0 Å². The van der Waals surface area contributed by atoms with Crippen LogP contribution >= 0.6 is 0 Å². The van der Waals surface area contributed by atoms with Crippen molar-refractivity contribution in [3.8, 4) is 0 Å². The SMILES string of the molecule is C=CC(=O)OCCNC(=O)OCC(C)(C)COC(=O)NC(CCC[Si](OCC)(OCC)OCC)CC[Si](OCC)(OCC)OCC. The second-order valence-electron chi connectivity index (χ2n) is 10.9. The van der Waals surface area contributed by atoms with Gasteiger partial charge in [-0.1, -0.05) is 20.4 Å². The van der Waals surface area contributed by atoms with Crippen LogP contribution in [-0.4, -0.2) is 108 Å². The van der Waals surface area contributed by atoms with Gasteiger partial charge in [0.05, 0.1) is 6.54 Å². The molecule has 0 saturated heterocycles. The smallest absolute Gasteiger partial charge is 0.461 e. The van der Waals surface area contributed by atoms with Crippen molar-refractivity contribution in [3.63, 3.8) is 0 Å². The van der Waals surface area contributed by atoms with Gasteiger partial charge >= 0.3 is 35.8 Å². The summed E-state index contributed by atoms with van der Waals surface area (Å²) in [5, 5.41) is 5.49. The van der Waals surface area contributed by atoms with Gasteiger partial charge in [-0.3, -0.25) is 0 Å². The number of esters is 1. The summed E-state index contributed by atoms with van der Waals surface area (Å²) in [5.74, 6) is -0.579. The minimum atomic E-state index is -2.95. The van der Waals surface area contributed by atoms with Gasteiger partial charge < -0.3 is 51.4 Å². The van der Waals surface area contributed by atoms with Crippen molar-refractivity contribution in [2.45, 2.75) is 92.8 Å². The van der Waals surface area contributed by atoms with Gasteiger partial charge in [0.15, 0.2) is 0 Å². The number of carbonyl (C=O) groups excluding carboxylic acids is 3. The van der Waals surface area contributed by atoms with E-state index in [9.17, 15) is 14.4 Å². The Hall–Kier alpha value is -2.06. The van der Waals surface area contributed by atoms with Gasteiger partial charge in [0.2, 0.25) is 0 Å². The third kappa shape index (κ3) is 19.6.